The molecule has 2 rings (SSSR count). The summed E-state index contributed by atoms with van der Waals surface area (Å²) in [6, 6.07) is 6.14. The van der Waals surface area contributed by atoms with E-state index in [2.05, 4.69) is 11.2 Å². The molecule has 1 aliphatic rings. The van der Waals surface area contributed by atoms with Crippen molar-refractivity contribution in [2.45, 2.75) is 31.5 Å². The van der Waals surface area contributed by atoms with Crippen LogP contribution in [-0.2, 0) is 5.41 Å². The summed E-state index contributed by atoms with van der Waals surface area (Å²) in [5.41, 5.74) is 1.15. The Morgan fingerprint density at radius 3 is 2.12 bits per heavy atom. The third-order valence-electron chi connectivity index (χ3n) is 3.00. The highest BCUT2D eigenvalue weighted by Gasteiger charge is 2.42. The van der Waals surface area contributed by atoms with Crippen LogP contribution in [0, 0.1) is 6.42 Å². The number of halogens is 3. The molecule has 1 nitrogen and oxygen atoms in total. The zero-order chi connectivity index (χ0) is 11.8. The first-order valence-corrected chi connectivity index (χ1v) is 5.12. The van der Waals surface area contributed by atoms with Crippen molar-refractivity contribution >= 4 is 0 Å². The summed E-state index contributed by atoms with van der Waals surface area (Å²) in [4.78, 5) is 0. The molecule has 1 saturated carbocycles. The maximum absolute atomic E-state index is 11.9. The van der Waals surface area contributed by atoms with E-state index in [1.165, 1.54) is 12.1 Å². The molecule has 4 heteroatoms. The monoisotopic (exact) mass is 229 g/mol. The van der Waals surface area contributed by atoms with Crippen molar-refractivity contribution in [1.82, 2.24) is 0 Å². The van der Waals surface area contributed by atoms with Gasteiger partial charge in [-0.1, -0.05) is 19.1 Å². The van der Waals surface area contributed by atoms with Gasteiger partial charge >= 0.3 is 6.36 Å². The Hall–Kier alpha value is -1.19. The second-order valence-electron chi connectivity index (χ2n) is 4.02. The van der Waals surface area contributed by atoms with Crippen LogP contribution in [0.2, 0.25) is 0 Å². The zero-order valence-corrected chi connectivity index (χ0v) is 8.84. The molecule has 0 aliphatic heterocycles. The third kappa shape index (κ3) is 2.31. The molecule has 0 atom stereocenters. The third-order valence-corrected chi connectivity index (χ3v) is 3.00. The van der Waals surface area contributed by atoms with Gasteiger partial charge in [-0.3, -0.25) is 0 Å². The summed E-state index contributed by atoms with van der Waals surface area (Å²) in [6.45, 7) is 1.98. The first kappa shape index (κ1) is 11.3. The zero-order valence-electron chi connectivity index (χ0n) is 8.84. The molecule has 0 unspecified atom stereocenters. The van der Waals surface area contributed by atoms with E-state index in [0.29, 0.717) is 0 Å². The number of hydrogen-bond acceptors (Lipinski definition) is 1. The minimum atomic E-state index is -4.62. The molecule has 1 aromatic rings. The van der Waals surface area contributed by atoms with Crippen molar-refractivity contribution in [2.24, 2.45) is 0 Å². The summed E-state index contributed by atoms with van der Waals surface area (Å²) in [5, 5.41) is 0. The van der Waals surface area contributed by atoms with Crippen LogP contribution in [0.1, 0.15) is 25.3 Å². The molecule has 87 valence electrons. The molecule has 0 amide bonds. The molecule has 1 fully saturated rings. The molecule has 1 aliphatic carbocycles. The van der Waals surface area contributed by atoms with E-state index in [1.807, 2.05) is 6.92 Å². The summed E-state index contributed by atoms with van der Waals surface area (Å²) in [7, 11) is 0. The highest BCUT2D eigenvalue weighted by molar-refractivity contribution is 5.38. The van der Waals surface area contributed by atoms with Crippen LogP contribution in [0.15, 0.2) is 24.3 Å². The first-order valence-electron chi connectivity index (χ1n) is 5.12. The number of rotatable bonds is 3. The average Bonchev–Trinajstić information content (AvgIpc) is 2.97. The lowest BCUT2D eigenvalue weighted by atomic mass is 9.93. The Labute approximate surface area is 92.2 Å². The predicted octanol–water partition coefficient (Wildman–Crippen LogP) is 3.84. The average molecular weight is 229 g/mol. The fourth-order valence-corrected chi connectivity index (χ4v) is 1.87. The van der Waals surface area contributed by atoms with Crippen LogP contribution in [0.3, 0.4) is 0 Å². The van der Waals surface area contributed by atoms with Crippen LogP contribution in [0.25, 0.3) is 0 Å². The molecule has 16 heavy (non-hydrogen) atoms. The van der Waals surface area contributed by atoms with Gasteiger partial charge in [0.15, 0.2) is 0 Å². The number of hydrogen-bond donors (Lipinski definition) is 0. The van der Waals surface area contributed by atoms with Gasteiger partial charge in [0, 0.05) is 0 Å². The van der Waals surface area contributed by atoms with Crippen LogP contribution < -0.4 is 4.74 Å². The Kier molecular flexibility index (Phi) is 2.60. The molecule has 0 saturated heterocycles. The highest BCUT2D eigenvalue weighted by Crippen LogP contribution is 2.50. The van der Waals surface area contributed by atoms with E-state index in [4.69, 9.17) is 0 Å². The smallest absolute Gasteiger partial charge is 0.406 e. The van der Waals surface area contributed by atoms with Crippen molar-refractivity contribution in [2.75, 3.05) is 0 Å². The summed E-state index contributed by atoms with van der Waals surface area (Å²) in [5.74, 6) is -0.164. The van der Waals surface area contributed by atoms with Gasteiger partial charge in [0.05, 0.1) is 0 Å². The topological polar surface area (TPSA) is 9.23 Å². The van der Waals surface area contributed by atoms with Crippen molar-refractivity contribution in [3.63, 3.8) is 0 Å². The van der Waals surface area contributed by atoms with E-state index < -0.39 is 6.36 Å². The Morgan fingerprint density at radius 2 is 1.75 bits per heavy atom. The van der Waals surface area contributed by atoms with Crippen molar-refractivity contribution in [3.05, 3.63) is 36.2 Å². The summed E-state index contributed by atoms with van der Waals surface area (Å²) in [6.07, 6.45) is -0.367. The fraction of sp³-hybridized carbons (Fsp3) is 0.417. The highest BCUT2D eigenvalue weighted by atomic mass is 19.4. The van der Waals surface area contributed by atoms with Crippen LogP contribution in [-0.4, -0.2) is 6.36 Å². The molecule has 0 spiro atoms. The van der Waals surface area contributed by atoms with Gasteiger partial charge in [-0.05, 0) is 42.4 Å². The molecule has 0 bridgehead atoms. The normalized spacial score (nSPS) is 18.2. The fourth-order valence-electron chi connectivity index (χ4n) is 1.87. The predicted molar refractivity (Wildman–Crippen MR) is 54.0 cm³/mol. The maximum atomic E-state index is 11.9. The lowest BCUT2D eigenvalue weighted by Crippen LogP contribution is -2.17. The minimum Gasteiger partial charge on any atom is -0.406 e. The lowest BCUT2D eigenvalue weighted by Gasteiger charge is -2.14. The largest absolute Gasteiger partial charge is 0.573 e. The molecule has 0 aromatic heterocycles. The number of ether oxygens (including phenoxy) is 1. The van der Waals surface area contributed by atoms with Crippen molar-refractivity contribution < 1.29 is 17.9 Å². The molecule has 1 aromatic carbocycles. The van der Waals surface area contributed by atoms with E-state index >= 15 is 0 Å². The van der Waals surface area contributed by atoms with Gasteiger partial charge in [-0.25, -0.2) is 0 Å². The quantitative estimate of drug-likeness (QED) is 0.765. The van der Waals surface area contributed by atoms with E-state index in [0.717, 1.165) is 18.4 Å². The molecule has 0 heterocycles. The van der Waals surface area contributed by atoms with Crippen molar-refractivity contribution in [3.8, 4) is 5.75 Å². The first-order chi connectivity index (χ1) is 7.45. The number of benzene rings is 1. The molecule has 1 radical (unpaired) electrons. The standard InChI is InChI=1S/C12H12F3O/c1-2-11(7-8-11)9-3-5-10(6-4-9)16-12(13,14)15/h2-6H,7-8H2,1H3. The van der Waals surface area contributed by atoms with Gasteiger partial charge in [0.1, 0.15) is 5.75 Å². The maximum Gasteiger partial charge on any atom is 0.573 e. The Bertz CT molecular complexity index is 363. The van der Waals surface area contributed by atoms with Gasteiger partial charge in [0.25, 0.3) is 0 Å². The van der Waals surface area contributed by atoms with E-state index in [1.54, 1.807) is 12.1 Å². The van der Waals surface area contributed by atoms with Crippen LogP contribution in [0.5, 0.6) is 5.75 Å². The van der Waals surface area contributed by atoms with Gasteiger partial charge in [-0.2, -0.15) is 0 Å². The second-order valence-corrected chi connectivity index (χ2v) is 4.02. The van der Waals surface area contributed by atoms with Gasteiger partial charge in [-0.15, -0.1) is 13.2 Å². The SMILES string of the molecule is C[CH]C1(c2ccc(OC(F)(F)F)cc2)CC1. The Morgan fingerprint density at radius 1 is 1.19 bits per heavy atom. The minimum absolute atomic E-state index is 0.0940. The van der Waals surface area contributed by atoms with E-state index in [-0.39, 0.29) is 11.2 Å². The molecular weight excluding hydrogens is 217 g/mol. The Balaban J connectivity index is 2.11. The van der Waals surface area contributed by atoms with E-state index in [9.17, 15) is 13.2 Å². The van der Waals surface area contributed by atoms with Crippen LogP contribution in [0.4, 0.5) is 13.2 Å². The summed E-state index contributed by atoms with van der Waals surface area (Å²) < 4.78 is 39.6. The molecular formula is C12H12F3O. The van der Waals surface area contributed by atoms with Crippen LogP contribution >= 0.6 is 0 Å². The summed E-state index contributed by atoms with van der Waals surface area (Å²) >= 11 is 0. The van der Waals surface area contributed by atoms with Crippen molar-refractivity contribution in [1.29, 1.82) is 0 Å². The second kappa shape index (κ2) is 3.68. The molecule has 0 N–H and O–H groups in total. The van der Waals surface area contributed by atoms with Gasteiger partial charge in [0.2, 0.25) is 0 Å². The van der Waals surface area contributed by atoms with Gasteiger partial charge < -0.3 is 4.74 Å². The lowest BCUT2D eigenvalue weighted by molar-refractivity contribution is -0.274. The number of alkyl halides is 3.